The van der Waals surface area contributed by atoms with Crippen LogP contribution in [-0.4, -0.2) is 61.1 Å². The lowest BCUT2D eigenvalue weighted by Gasteiger charge is -2.27. The van der Waals surface area contributed by atoms with Crippen molar-refractivity contribution in [2.45, 2.75) is 57.3 Å². The lowest BCUT2D eigenvalue weighted by atomic mass is 9.93. The van der Waals surface area contributed by atoms with Crippen LogP contribution in [0.2, 0.25) is 0 Å². The summed E-state index contributed by atoms with van der Waals surface area (Å²) in [4.78, 5) is 16.4. The Labute approximate surface area is 196 Å². The molecule has 1 aromatic carbocycles. The molecule has 1 saturated carbocycles. The number of aliphatic hydroxyl groups excluding tert-OH is 1. The van der Waals surface area contributed by atoms with E-state index < -0.39 is 6.17 Å². The van der Waals surface area contributed by atoms with E-state index >= 15 is 0 Å². The average molecular weight is 462 g/mol. The maximum Gasteiger partial charge on any atom is 0.160 e. The minimum atomic E-state index is -0.828. The molecule has 34 heavy (non-hydrogen) atoms. The number of alkyl halides is 1. The fourth-order valence-corrected chi connectivity index (χ4v) is 5.03. The van der Waals surface area contributed by atoms with Crippen LogP contribution in [-0.2, 0) is 0 Å². The molecule has 3 aromatic heterocycles. The smallest absolute Gasteiger partial charge is 0.160 e. The molecule has 1 aliphatic carbocycles. The van der Waals surface area contributed by atoms with Crippen LogP contribution in [0.4, 0.5) is 16.0 Å². The highest BCUT2D eigenvalue weighted by Gasteiger charge is 2.26. The molecule has 2 N–H and O–H groups in total. The van der Waals surface area contributed by atoms with Crippen molar-refractivity contribution in [1.82, 2.24) is 24.6 Å². The van der Waals surface area contributed by atoms with E-state index in [-0.39, 0.29) is 12.1 Å². The number of para-hydroxylation sites is 2. The predicted molar refractivity (Wildman–Crippen MR) is 130 cm³/mol. The van der Waals surface area contributed by atoms with Gasteiger partial charge in [0.2, 0.25) is 0 Å². The topological polar surface area (TPSA) is 91.5 Å². The zero-order valence-electron chi connectivity index (χ0n) is 19.2. The average Bonchev–Trinajstić information content (AvgIpc) is 3.46. The number of fused-ring (bicyclic) bond motifs is 2. The number of aliphatic hydroxyl groups is 1. The summed E-state index contributed by atoms with van der Waals surface area (Å²) in [6.07, 6.45) is 2.81. The van der Waals surface area contributed by atoms with Gasteiger partial charge in [-0.25, -0.2) is 19.3 Å². The van der Waals surface area contributed by atoms with Crippen molar-refractivity contribution in [3.05, 3.63) is 42.1 Å². The fraction of sp³-hybridized carbons (Fsp3) is 0.440. The van der Waals surface area contributed by atoms with Gasteiger partial charge in [0.05, 0.1) is 29.4 Å². The van der Waals surface area contributed by atoms with Crippen LogP contribution < -0.4 is 10.2 Å². The van der Waals surface area contributed by atoms with Gasteiger partial charge in [0.15, 0.2) is 5.65 Å². The van der Waals surface area contributed by atoms with Crippen molar-refractivity contribution in [1.29, 1.82) is 0 Å². The summed E-state index contributed by atoms with van der Waals surface area (Å²) in [5.74, 6) is 1.57. The van der Waals surface area contributed by atoms with Crippen LogP contribution >= 0.6 is 0 Å². The Balaban J connectivity index is 1.43. The van der Waals surface area contributed by atoms with Gasteiger partial charge in [-0.1, -0.05) is 12.1 Å². The number of aryl methyl sites for hydroxylation is 1. The second-order valence-electron chi connectivity index (χ2n) is 9.43. The van der Waals surface area contributed by atoms with Crippen molar-refractivity contribution in [3.8, 4) is 11.4 Å². The third-order valence-corrected chi connectivity index (χ3v) is 6.90. The highest BCUT2D eigenvalue weighted by atomic mass is 19.1. The third kappa shape index (κ3) is 3.94. The van der Waals surface area contributed by atoms with Crippen LogP contribution in [0, 0.1) is 6.92 Å². The van der Waals surface area contributed by atoms with Gasteiger partial charge in [-0.2, -0.15) is 9.61 Å². The monoisotopic (exact) mass is 461 g/mol. The van der Waals surface area contributed by atoms with Gasteiger partial charge in [-0.15, -0.1) is 0 Å². The molecule has 176 valence electrons. The SMILES string of the molecule is Cc1nc2ccccc2nc1-c1cc2nc(N3CC[C@@H](F)C3)cc(NC3CCC(O)CC3)n2n1. The van der Waals surface area contributed by atoms with E-state index in [1.54, 1.807) is 0 Å². The molecule has 8 nitrogen and oxygen atoms in total. The Bertz CT molecular complexity index is 1350. The van der Waals surface area contributed by atoms with Crippen molar-refractivity contribution in [2.24, 2.45) is 0 Å². The van der Waals surface area contributed by atoms with Gasteiger partial charge in [-0.05, 0) is 51.2 Å². The van der Waals surface area contributed by atoms with E-state index in [1.165, 1.54) is 0 Å². The molecule has 1 saturated heterocycles. The standard InChI is InChI=1S/C25H28FN7O/c1-15-25(29-20-5-3-2-4-19(20)27-15)21-12-23-30-22(32-11-10-16(26)14-32)13-24(33(23)31-21)28-17-6-8-18(34)9-7-17/h2-5,12-13,16-18,28,34H,6-11,14H2,1H3/t16-,17?,18?/m1/s1. The molecule has 6 rings (SSSR count). The molecule has 0 unspecified atom stereocenters. The largest absolute Gasteiger partial charge is 0.393 e. The van der Waals surface area contributed by atoms with Gasteiger partial charge in [0.1, 0.15) is 29.2 Å². The lowest BCUT2D eigenvalue weighted by molar-refractivity contribution is 0.126. The maximum absolute atomic E-state index is 13.9. The van der Waals surface area contributed by atoms with Crippen molar-refractivity contribution in [3.63, 3.8) is 0 Å². The number of aromatic nitrogens is 5. The van der Waals surface area contributed by atoms with Crippen LogP contribution in [0.5, 0.6) is 0 Å². The van der Waals surface area contributed by atoms with Gasteiger partial charge in [0, 0.05) is 24.7 Å². The first kappa shape index (κ1) is 21.2. The Morgan fingerprint density at radius 1 is 1.00 bits per heavy atom. The number of nitrogens with one attached hydrogen (secondary N) is 1. The zero-order chi connectivity index (χ0) is 23.2. The summed E-state index contributed by atoms with van der Waals surface area (Å²) in [6.45, 7) is 2.94. The third-order valence-electron chi connectivity index (χ3n) is 6.90. The maximum atomic E-state index is 13.9. The van der Waals surface area contributed by atoms with E-state index in [9.17, 15) is 9.50 Å². The molecule has 2 aliphatic rings. The van der Waals surface area contributed by atoms with E-state index in [4.69, 9.17) is 20.1 Å². The summed E-state index contributed by atoms with van der Waals surface area (Å²) in [5, 5.41) is 18.4. The second-order valence-corrected chi connectivity index (χ2v) is 9.43. The molecule has 1 aliphatic heterocycles. The number of anilines is 2. The van der Waals surface area contributed by atoms with Gasteiger partial charge in [-0.3, -0.25) is 0 Å². The number of hydrogen-bond acceptors (Lipinski definition) is 7. The molecule has 4 heterocycles. The minimum absolute atomic E-state index is 0.220. The number of rotatable bonds is 4. The van der Waals surface area contributed by atoms with Crippen LogP contribution in [0.25, 0.3) is 28.1 Å². The van der Waals surface area contributed by atoms with Crippen LogP contribution in [0.15, 0.2) is 36.4 Å². The number of halogens is 1. The molecule has 0 bridgehead atoms. The van der Waals surface area contributed by atoms with E-state index in [0.717, 1.165) is 59.7 Å². The molecule has 0 radical (unpaired) electrons. The van der Waals surface area contributed by atoms with Crippen molar-refractivity contribution >= 4 is 28.3 Å². The van der Waals surface area contributed by atoms with Crippen LogP contribution in [0.1, 0.15) is 37.8 Å². The first-order chi connectivity index (χ1) is 16.5. The lowest BCUT2D eigenvalue weighted by Crippen LogP contribution is -2.29. The number of hydrogen-bond donors (Lipinski definition) is 2. The first-order valence-electron chi connectivity index (χ1n) is 12.0. The molecular weight excluding hydrogens is 433 g/mol. The van der Waals surface area contributed by atoms with E-state index in [0.29, 0.717) is 30.9 Å². The molecule has 0 amide bonds. The Morgan fingerprint density at radius 2 is 1.76 bits per heavy atom. The second kappa shape index (κ2) is 8.47. The molecule has 2 fully saturated rings. The summed E-state index contributed by atoms with van der Waals surface area (Å²) in [7, 11) is 0. The fourth-order valence-electron chi connectivity index (χ4n) is 5.03. The molecule has 4 aromatic rings. The van der Waals surface area contributed by atoms with E-state index in [1.807, 2.05) is 52.7 Å². The van der Waals surface area contributed by atoms with Crippen LogP contribution in [0.3, 0.4) is 0 Å². The number of nitrogens with zero attached hydrogens (tertiary/aromatic N) is 6. The summed E-state index contributed by atoms with van der Waals surface area (Å²) in [5.41, 5.74) is 4.58. The van der Waals surface area contributed by atoms with Gasteiger partial charge < -0.3 is 15.3 Å². The Hall–Kier alpha value is -3.33. The van der Waals surface area contributed by atoms with Gasteiger partial charge in [0.25, 0.3) is 0 Å². The highest BCUT2D eigenvalue weighted by Crippen LogP contribution is 2.30. The number of benzene rings is 1. The quantitative estimate of drug-likeness (QED) is 0.476. The molecule has 0 spiro atoms. The Morgan fingerprint density at radius 3 is 2.50 bits per heavy atom. The normalized spacial score (nSPS) is 23.1. The molecule has 1 atom stereocenters. The zero-order valence-corrected chi connectivity index (χ0v) is 19.2. The van der Waals surface area contributed by atoms with Crippen molar-refractivity contribution < 1.29 is 9.50 Å². The predicted octanol–water partition coefficient (Wildman–Crippen LogP) is 3.91. The molecular formula is C25H28FN7O. The summed E-state index contributed by atoms with van der Waals surface area (Å²) < 4.78 is 15.7. The van der Waals surface area contributed by atoms with E-state index in [2.05, 4.69) is 5.32 Å². The van der Waals surface area contributed by atoms with Crippen molar-refractivity contribution in [2.75, 3.05) is 23.3 Å². The minimum Gasteiger partial charge on any atom is -0.393 e. The summed E-state index contributed by atoms with van der Waals surface area (Å²) in [6, 6.07) is 11.9. The van der Waals surface area contributed by atoms with Gasteiger partial charge >= 0.3 is 0 Å². The Kier molecular flexibility index (Phi) is 5.28. The molecule has 9 heteroatoms. The first-order valence-corrected chi connectivity index (χ1v) is 12.0. The summed E-state index contributed by atoms with van der Waals surface area (Å²) >= 11 is 0. The highest BCUT2D eigenvalue weighted by molar-refractivity contribution is 5.78.